The molecule has 2 aromatic carbocycles. The van der Waals surface area contributed by atoms with E-state index in [2.05, 4.69) is 57.7 Å². The lowest BCUT2D eigenvalue weighted by atomic mass is 10.1. The smallest absolute Gasteiger partial charge is 0.178 e. The summed E-state index contributed by atoms with van der Waals surface area (Å²) in [6.45, 7) is 8.34. The average molecular weight is 374 g/mol. The Labute approximate surface area is 167 Å². The van der Waals surface area contributed by atoms with Crippen LogP contribution in [0.1, 0.15) is 21.7 Å². The minimum atomic E-state index is 0.212. The van der Waals surface area contributed by atoms with Gasteiger partial charge in [-0.05, 0) is 44.2 Å². The summed E-state index contributed by atoms with van der Waals surface area (Å²) in [5.41, 5.74) is 5.33. The van der Waals surface area contributed by atoms with Gasteiger partial charge in [0.15, 0.2) is 5.78 Å². The van der Waals surface area contributed by atoms with Crippen LogP contribution in [0.2, 0.25) is 0 Å². The van der Waals surface area contributed by atoms with Crippen LogP contribution in [0.15, 0.2) is 66.7 Å². The van der Waals surface area contributed by atoms with Gasteiger partial charge in [-0.1, -0.05) is 36.4 Å². The third-order valence-corrected chi connectivity index (χ3v) is 5.61. The van der Waals surface area contributed by atoms with Crippen molar-refractivity contribution < 1.29 is 4.79 Å². The number of aryl methyl sites for hydroxylation is 1. The molecule has 1 fully saturated rings. The molecule has 0 radical (unpaired) electrons. The number of carbonyl (C=O) groups excluding carboxylic acids is 1. The highest BCUT2D eigenvalue weighted by Gasteiger charge is 2.22. The van der Waals surface area contributed by atoms with Crippen LogP contribution in [0.3, 0.4) is 0 Å². The molecule has 0 spiro atoms. The molecule has 144 valence electrons. The molecular formula is C24H27N3O. The van der Waals surface area contributed by atoms with Gasteiger partial charge in [0.1, 0.15) is 0 Å². The van der Waals surface area contributed by atoms with Crippen LogP contribution in [0.25, 0.3) is 5.69 Å². The number of nitrogens with zero attached hydrogens (tertiary/aromatic N) is 3. The standard InChI is InChI=1S/C24H27N3O/c1-19-17-23(20(2)27(19)22-11-7-4-8-12-22)24(28)18-25-13-15-26(16-14-25)21-9-5-3-6-10-21/h3-12,17H,13-16,18H2,1-2H3. The van der Waals surface area contributed by atoms with Gasteiger partial charge in [0, 0.05) is 54.5 Å². The fraction of sp³-hybridized carbons (Fsp3) is 0.292. The highest BCUT2D eigenvalue weighted by Crippen LogP contribution is 2.22. The Morgan fingerprint density at radius 1 is 0.821 bits per heavy atom. The maximum absolute atomic E-state index is 13.0. The molecule has 0 atom stereocenters. The molecule has 2 heterocycles. The number of carbonyl (C=O) groups is 1. The summed E-state index contributed by atoms with van der Waals surface area (Å²) < 4.78 is 2.17. The lowest BCUT2D eigenvalue weighted by Gasteiger charge is -2.35. The fourth-order valence-corrected chi connectivity index (χ4v) is 4.11. The van der Waals surface area contributed by atoms with Crippen molar-refractivity contribution in [1.29, 1.82) is 0 Å². The van der Waals surface area contributed by atoms with E-state index in [9.17, 15) is 4.79 Å². The Kier molecular flexibility index (Phi) is 5.31. The van der Waals surface area contributed by atoms with Gasteiger partial charge >= 0.3 is 0 Å². The van der Waals surface area contributed by atoms with Gasteiger partial charge in [-0.3, -0.25) is 9.69 Å². The molecular weight excluding hydrogens is 346 g/mol. The Morgan fingerprint density at radius 2 is 1.39 bits per heavy atom. The first kappa shape index (κ1) is 18.5. The van der Waals surface area contributed by atoms with E-state index in [0.717, 1.165) is 48.8 Å². The average Bonchev–Trinajstić information content (AvgIpc) is 3.04. The number of Topliss-reactive ketones (excluding diaryl/α,β-unsaturated/α-hetero) is 1. The molecule has 1 aromatic heterocycles. The second-order valence-corrected chi connectivity index (χ2v) is 7.48. The van der Waals surface area contributed by atoms with Gasteiger partial charge in [0.25, 0.3) is 0 Å². The molecule has 0 unspecified atom stereocenters. The SMILES string of the molecule is Cc1cc(C(=O)CN2CCN(c3ccccc3)CC2)c(C)n1-c1ccccc1. The van der Waals surface area contributed by atoms with E-state index in [1.165, 1.54) is 5.69 Å². The molecule has 0 N–H and O–H groups in total. The van der Waals surface area contributed by atoms with Crippen LogP contribution in [0, 0.1) is 13.8 Å². The molecule has 3 aromatic rings. The second-order valence-electron chi connectivity index (χ2n) is 7.48. The van der Waals surface area contributed by atoms with Gasteiger partial charge in [0.2, 0.25) is 0 Å². The van der Waals surface area contributed by atoms with Crippen molar-refractivity contribution in [2.24, 2.45) is 0 Å². The zero-order valence-corrected chi connectivity index (χ0v) is 16.6. The van der Waals surface area contributed by atoms with Crippen molar-refractivity contribution in [3.05, 3.63) is 83.7 Å². The normalized spacial score (nSPS) is 15.0. The first-order valence-corrected chi connectivity index (χ1v) is 9.93. The van der Waals surface area contributed by atoms with Crippen molar-refractivity contribution >= 4 is 11.5 Å². The van der Waals surface area contributed by atoms with Crippen LogP contribution < -0.4 is 4.90 Å². The molecule has 4 heteroatoms. The monoisotopic (exact) mass is 373 g/mol. The van der Waals surface area contributed by atoms with Crippen molar-refractivity contribution in [2.45, 2.75) is 13.8 Å². The number of hydrogen-bond donors (Lipinski definition) is 0. The number of para-hydroxylation sites is 2. The van der Waals surface area contributed by atoms with Gasteiger partial charge in [-0.25, -0.2) is 0 Å². The second kappa shape index (κ2) is 8.03. The Bertz CT molecular complexity index is 939. The van der Waals surface area contributed by atoms with Crippen molar-refractivity contribution in [1.82, 2.24) is 9.47 Å². The maximum Gasteiger partial charge on any atom is 0.178 e. The molecule has 1 aliphatic rings. The lowest BCUT2D eigenvalue weighted by Crippen LogP contribution is -2.48. The van der Waals surface area contributed by atoms with E-state index < -0.39 is 0 Å². The van der Waals surface area contributed by atoms with Crippen molar-refractivity contribution in [3.63, 3.8) is 0 Å². The zero-order valence-electron chi connectivity index (χ0n) is 16.6. The molecule has 28 heavy (non-hydrogen) atoms. The van der Waals surface area contributed by atoms with Gasteiger partial charge < -0.3 is 9.47 Å². The summed E-state index contributed by atoms with van der Waals surface area (Å²) in [5, 5.41) is 0. The number of benzene rings is 2. The number of aromatic nitrogens is 1. The summed E-state index contributed by atoms with van der Waals surface area (Å²) >= 11 is 0. The highest BCUT2D eigenvalue weighted by atomic mass is 16.1. The van der Waals surface area contributed by atoms with Crippen LogP contribution in [0.5, 0.6) is 0 Å². The van der Waals surface area contributed by atoms with Crippen LogP contribution in [0.4, 0.5) is 5.69 Å². The molecule has 0 aliphatic carbocycles. The summed E-state index contributed by atoms with van der Waals surface area (Å²) in [6.07, 6.45) is 0. The van der Waals surface area contributed by atoms with Gasteiger partial charge in [-0.15, -0.1) is 0 Å². The summed E-state index contributed by atoms with van der Waals surface area (Å²) in [7, 11) is 0. The van der Waals surface area contributed by atoms with E-state index in [0.29, 0.717) is 6.54 Å². The largest absolute Gasteiger partial charge is 0.369 e. The molecule has 4 nitrogen and oxygen atoms in total. The third kappa shape index (κ3) is 3.73. The van der Waals surface area contributed by atoms with Crippen LogP contribution in [-0.2, 0) is 0 Å². The first-order valence-electron chi connectivity index (χ1n) is 9.93. The van der Waals surface area contributed by atoms with Crippen molar-refractivity contribution in [3.8, 4) is 5.69 Å². The maximum atomic E-state index is 13.0. The Balaban J connectivity index is 1.43. The number of rotatable bonds is 5. The van der Waals surface area contributed by atoms with E-state index in [4.69, 9.17) is 0 Å². The fourth-order valence-electron chi connectivity index (χ4n) is 4.11. The summed E-state index contributed by atoms with van der Waals surface area (Å²) in [5.74, 6) is 0.212. The van der Waals surface area contributed by atoms with Crippen molar-refractivity contribution in [2.75, 3.05) is 37.6 Å². The predicted molar refractivity (Wildman–Crippen MR) is 115 cm³/mol. The quantitative estimate of drug-likeness (QED) is 0.631. The lowest BCUT2D eigenvalue weighted by molar-refractivity contribution is 0.0926. The molecule has 1 aliphatic heterocycles. The molecule has 1 saturated heterocycles. The van der Waals surface area contributed by atoms with Gasteiger partial charge in [0.05, 0.1) is 6.54 Å². The minimum absolute atomic E-state index is 0.212. The molecule has 0 bridgehead atoms. The highest BCUT2D eigenvalue weighted by molar-refractivity contribution is 5.99. The van der Waals surface area contributed by atoms with Crippen LogP contribution >= 0.6 is 0 Å². The predicted octanol–water partition coefficient (Wildman–Crippen LogP) is 4.10. The number of piperazine rings is 1. The minimum Gasteiger partial charge on any atom is -0.369 e. The number of anilines is 1. The van der Waals surface area contributed by atoms with Gasteiger partial charge in [-0.2, -0.15) is 0 Å². The van der Waals surface area contributed by atoms with E-state index in [1.54, 1.807) is 0 Å². The molecule has 0 amide bonds. The van der Waals surface area contributed by atoms with E-state index >= 15 is 0 Å². The van der Waals surface area contributed by atoms with E-state index in [-0.39, 0.29) is 5.78 Å². The third-order valence-electron chi connectivity index (χ3n) is 5.61. The summed E-state index contributed by atoms with van der Waals surface area (Å²) in [6, 6.07) is 22.8. The Hall–Kier alpha value is -2.85. The molecule has 4 rings (SSSR count). The first-order chi connectivity index (χ1) is 13.6. The zero-order chi connectivity index (χ0) is 19.5. The summed E-state index contributed by atoms with van der Waals surface area (Å²) in [4.78, 5) is 17.7. The van der Waals surface area contributed by atoms with E-state index in [1.807, 2.05) is 37.3 Å². The topological polar surface area (TPSA) is 28.5 Å². The molecule has 0 saturated carbocycles. The van der Waals surface area contributed by atoms with Crippen LogP contribution in [-0.4, -0.2) is 48.0 Å². The number of ketones is 1. The number of hydrogen-bond acceptors (Lipinski definition) is 3. The Morgan fingerprint density at radius 3 is 2.00 bits per heavy atom.